The predicted molar refractivity (Wildman–Crippen MR) is 70.1 cm³/mol. The smallest absolute Gasteiger partial charge is 0.138 e. The van der Waals surface area contributed by atoms with Crippen LogP contribution in [0.2, 0.25) is 0 Å². The zero-order valence-corrected chi connectivity index (χ0v) is 10.1. The molecule has 2 nitrogen and oxygen atoms in total. The van der Waals surface area contributed by atoms with Crippen molar-refractivity contribution in [3.63, 3.8) is 0 Å². The van der Waals surface area contributed by atoms with E-state index in [9.17, 15) is 0 Å². The molecule has 2 aromatic heterocycles. The highest BCUT2D eigenvalue weighted by Crippen LogP contribution is 2.28. The second-order valence-electron chi connectivity index (χ2n) is 3.95. The summed E-state index contributed by atoms with van der Waals surface area (Å²) in [5, 5.41) is 2.48. The lowest BCUT2D eigenvalue weighted by atomic mass is 10.2. The minimum atomic E-state index is 0.971. The van der Waals surface area contributed by atoms with Crippen molar-refractivity contribution in [1.29, 1.82) is 0 Å². The molecule has 0 unspecified atom stereocenters. The number of aromatic amines is 1. The molecule has 16 heavy (non-hydrogen) atoms. The number of rotatable bonds is 1. The third kappa shape index (κ3) is 1.39. The van der Waals surface area contributed by atoms with Gasteiger partial charge < -0.3 is 4.98 Å². The molecule has 0 aliphatic heterocycles. The Balaban J connectivity index is 2.44. The molecule has 0 bridgehead atoms. The Bertz CT molecular complexity index is 670. The quantitative estimate of drug-likeness (QED) is 0.643. The first kappa shape index (κ1) is 9.73. The van der Waals surface area contributed by atoms with Gasteiger partial charge in [-0.1, -0.05) is 0 Å². The lowest BCUT2D eigenvalue weighted by molar-refractivity contribution is 1.30. The summed E-state index contributed by atoms with van der Waals surface area (Å²) in [5.74, 6) is 0. The van der Waals surface area contributed by atoms with E-state index in [1.54, 1.807) is 11.8 Å². The monoisotopic (exact) mass is 228 g/mol. The highest BCUT2D eigenvalue weighted by molar-refractivity contribution is 7.98. The van der Waals surface area contributed by atoms with Gasteiger partial charge in [0.25, 0.3) is 0 Å². The maximum atomic E-state index is 4.41. The second kappa shape index (κ2) is 3.52. The fourth-order valence-corrected chi connectivity index (χ4v) is 2.42. The molecule has 2 heterocycles. The zero-order chi connectivity index (χ0) is 11.1. The summed E-state index contributed by atoms with van der Waals surface area (Å²) < 4.78 is 0. The van der Waals surface area contributed by atoms with Crippen LogP contribution in [0.15, 0.2) is 35.4 Å². The molecule has 80 valence electrons. The predicted octanol–water partition coefficient (Wildman–Crippen LogP) is 3.75. The fourth-order valence-electron chi connectivity index (χ4n) is 1.98. The number of fused-ring (bicyclic) bond motifs is 3. The number of nitrogens with one attached hydrogen (secondary N) is 1. The maximum absolute atomic E-state index is 4.41. The van der Waals surface area contributed by atoms with E-state index in [1.165, 1.54) is 21.2 Å². The molecule has 0 aliphatic rings. The Morgan fingerprint density at radius 2 is 2.06 bits per heavy atom. The summed E-state index contributed by atoms with van der Waals surface area (Å²) in [7, 11) is 0. The van der Waals surface area contributed by atoms with Gasteiger partial charge >= 0.3 is 0 Å². The minimum absolute atomic E-state index is 0.971. The summed E-state index contributed by atoms with van der Waals surface area (Å²) in [4.78, 5) is 9.03. The van der Waals surface area contributed by atoms with Crippen LogP contribution in [0, 0.1) is 6.92 Å². The Hall–Kier alpha value is -1.48. The molecular formula is C13H12N2S. The zero-order valence-electron chi connectivity index (χ0n) is 9.24. The summed E-state index contributed by atoms with van der Waals surface area (Å²) in [6.07, 6.45) is 3.99. The first-order valence-electron chi connectivity index (χ1n) is 5.20. The van der Waals surface area contributed by atoms with Crippen LogP contribution in [0.25, 0.3) is 21.9 Å². The van der Waals surface area contributed by atoms with E-state index in [0.29, 0.717) is 0 Å². The van der Waals surface area contributed by atoms with Crippen molar-refractivity contribution in [2.24, 2.45) is 0 Å². The molecule has 0 aliphatic carbocycles. The lowest BCUT2D eigenvalue weighted by Gasteiger charge is -1.96. The van der Waals surface area contributed by atoms with Crippen LogP contribution in [0.4, 0.5) is 0 Å². The molecule has 3 heteroatoms. The van der Waals surface area contributed by atoms with Gasteiger partial charge in [-0.15, -0.1) is 11.8 Å². The van der Waals surface area contributed by atoms with E-state index in [4.69, 9.17) is 0 Å². The minimum Gasteiger partial charge on any atom is -0.339 e. The normalized spacial score (nSPS) is 11.4. The summed E-state index contributed by atoms with van der Waals surface area (Å²) in [5.41, 5.74) is 3.33. The van der Waals surface area contributed by atoms with Crippen molar-refractivity contribution in [2.45, 2.75) is 11.8 Å². The third-order valence-electron chi connectivity index (χ3n) is 2.79. The first-order valence-corrected chi connectivity index (χ1v) is 6.42. The van der Waals surface area contributed by atoms with Crippen LogP contribution < -0.4 is 0 Å². The molecule has 0 saturated heterocycles. The number of benzene rings is 1. The molecule has 0 saturated carbocycles. The molecule has 0 fully saturated rings. The SMILES string of the molecule is CSc1ccc2[nH]c3ncc(C)cc3c2c1. The molecule has 1 aromatic carbocycles. The average molecular weight is 228 g/mol. The van der Waals surface area contributed by atoms with Crippen molar-refractivity contribution in [3.8, 4) is 0 Å². The number of nitrogens with zero attached hydrogens (tertiary/aromatic N) is 1. The summed E-state index contributed by atoms with van der Waals surface area (Å²) >= 11 is 1.77. The van der Waals surface area contributed by atoms with E-state index in [-0.39, 0.29) is 0 Å². The fraction of sp³-hybridized carbons (Fsp3) is 0.154. The highest BCUT2D eigenvalue weighted by Gasteiger charge is 2.05. The standard InChI is InChI=1S/C13H12N2S/c1-8-5-11-10-6-9(16-2)3-4-12(10)15-13(11)14-7-8/h3-7H,1-2H3,(H,14,15). The third-order valence-corrected chi connectivity index (χ3v) is 3.52. The van der Waals surface area contributed by atoms with Gasteiger partial charge in [0.05, 0.1) is 0 Å². The van der Waals surface area contributed by atoms with Gasteiger partial charge in [0.1, 0.15) is 5.65 Å². The Kier molecular flexibility index (Phi) is 2.14. The Labute approximate surface area is 98.1 Å². The van der Waals surface area contributed by atoms with Gasteiger partial charge in [-0.05, 0) is 43.0 Å². The molecule has 0 amide bonds. The second-order valence-corrected chi connectivity index (χ2v) is 4.83. The van der Waals surface area contributed by atoms with Crippen molar-refractivity contribution in [2.75, 3.05) is 6.26 Å². The van der Waals surface area contributed by atoms with E-state index in [1.807, 2.05) is 6.20 Å². The van der Waals surface area contributed by atoms with Crippen LogP contribution in [0.5, 0.6) is 0 Å². The van der Waals surface area contributed by atoms with Crippen molar-refractivity contribution in [1.82, 2.24) is 9.97 Å². The number of hydrogen-bond acceptors (Lipinski definition) is 2. The van der Waals surface area contributed by atoms with Gasteiger partial charge in [-0.25, -0.2) is 4.98 Å². The Morgan fingerprint density at radius 1 is 1.19 bits per heavy atom. The summed E-state index contributed by atoms with van der Waals surface area (Å²) in [6, 6.07) is 8.67. The van der Waals surface area contributed by atoms with Crippen molar-refractivity contribution >= 4 is 33.7 Å². The van der Waals surface area contributed by atoms with Crippen LogP contribution in [0.1, 0.15) is 5.56 Å². The van der Waals surface area contributed by atoms with Gasteiger partial charge in [-0.2, -0.15) is 0 Å². The van der Waals surface area contributed by atoms with Crippen LogP contribution in [0.3, 0.4) is 0 Å². The maximum Gasteiger partial charge on any atom is 0.138 e. The number of aromatic nitrogens is 2. The lowest BCUT2D eigenvalue weighted by Crippen LogP contribution is -1.77. The highest BCUT2D eigenvalue weighted by atomic mass is 32.2. The number of pyridine rings is 1. The molecule has 3 rings (SSSR count). The number of H-pyrrole nitrogens is 1. The van der Waals surface area contributed by atoms with Gasteiger partial charge in [-0.3, -0.25) is 0 Å². The van der Waals surface area contributed by atoms with E-state index in [0.717, 1.165) is 11.2 Å². The molecule has 0 radical (unpaired) electrons. The van der Waals surface area contributed by atoms with Crippen LogP contribution >= 0.6 is 11.8 Å². The molecule has 3 aromatic rings. The van der Waals surface area contributed by atoms with Gasteiger partial charge in [0, 0.05) is 27.4 Å². The van der Waals surface area contributed by atoms with E-state index >= 15 is 0 Å². The average Bonchev–Trinajstić information content (AvgIpc) is 2.66. The topological polar surface area (TPSA) is 28.7 Å². The van der Waals surface area contributed by atoms with Gasteiger partial charge in [0.2, 0.25) is 0 Å². The van der Waals surface area contributed by atoms with Crippen molar-refractivity contribution < 1.29 is 0 Å². The van der Waals surface area contributed by atoms with Crippen molar-refractivity contribution in [3.05, 3.63) is 36.0 Å². The van der Waals surface area contributed by atoms with Crippen LogP contribution in [-0.2, 0) is 0 Å². The van der Waals surface area contributed by atoms with Gasteiger partial charge in [0.15, 0.2) is 0 Å². The van der Waals surface area contributed by atoms with Crippen LogP contribution in [-0.4, -0.2) is 16.2 Å². The summed E-state index contributed by atoms with van der Waals surface area (Å²) in [6.45, 7) is 2.07. The number of hydrogen-bond donors (Lipinski definition) is 1. The number of aryl methyl sites for hydroxylation is 1. The largest absolute Gasteiger partial charge is 0.339 e. The van der Waals surface area contributed by atoms with E-state index < -0.39 is 0 Å². The van der Waals surface area contributed by atoms with E-state index in [2.05, 4.69) is 47.4 Å². The molecule has 0 spiro atoms. The Morgan fingerprint density at radius 3 is 2.88 bits per heavy atom. The molecule has 0 atom stereocenters. The first-order chi connectivity index (χ1) is 7.78. The number of thioether (sulfide) groups is 1. The molecular weight excluding hydrogens is 216 g/mol. The molecule has 1 N–H and O–H groups in total.